The van der Waals surface area contributed by atoms with Crippen molar-refractivity contribution in [2.45, 2.75) is 14.4 Å². The van der Waals surface area contributed by atoms with Gasteiger partial charge in [-0.1, -0.05) is 66.7 Å². The van der Waals surface area contributed by atoms with E-state index >= 15 is 0 Å². The van der Waals surface area contributed by atoms with Crippen LogP contribution >= 0.6 is 34.0 Å². The summed E-state index contributed by atoms with van der Waals surface area (Å²) in [5.41, 5.74) is 7.13. The summed E-state index contributed by atoms with van der Waals surface area (Å²) in [6.07, 6.45) is 10.1. The van der Waals surface area contributed by atoms with E-state index in [1.807, 2.05) is 60.0 Å². The first-order chi connectivity index (χ1) is 52.3. The number of aromatic nitrogens is 4. The molecular weight excluding hydrogens is 1450 g/mol. The molecule has 0 unspecified atom stereocenters. The van der Waals surface area contributed by atoms with Gasteiger partial charge in [0.05, 0.1) is 96.4 Å². The SMILES string of the molecule is C.COc1cc(-c2ccc(C(C)=O)s2)cc(C=O)c1O.COc1cc(-c2ccccn2)cc(C=O)c1O.COc1cc(C#Cc2ccccn2)cc(C=O)c1O.COc1cc(C#Cc2cccs2)cc(C=O)c1O.COc1ncc(-c2cc(C=O)c(O)c(OC)c2)s1.O=Cc1cc(C#Cc2ccccn2)ccc1O. The maximum absolute atomic E-state index is 11.3. The van der Waals surface area contributed by atoms with Gasteiger partial charge in [-0.25, -0.2) is 15.0 Å². The number of aldehydes is 6. The number of methoxy groups -OCH3 is 6. The zero-order valence-electron chi connectivity index (χ0n) is 58.4. The number of ether oxygens (including phenoxy) is 6. The Balaban J connectivity index is 0.000000204. The van der Waals surface area contributed by atoms with E-state index in [9.17, 15) is 64.2 Å². The number of thiophene rings is 2. The number of nitrogens with zero attached hydrogens (tertiary/aromatic N) is 4. The largest absolute Gasteiger partial charge is 0.507 e. The van der Waals surface area contributed by atoms with Crippen molar-refractivity contribution in [2.24, 2.45) is 0 Å². The highest BCUT2D eigenvalue weighted by molar-refractivity contribution is 7.17. The molecule has 26 heteroatoms. The van der Waals surface area contributed by atoms with Gasteiger partial charge in [0, 0.05) is 51.9 Å². The van der Waals surface area contributed by atoms with Crippen LogP contribution in [0.15, 0.2) is 188 Å². The van der Waals surface area contributed by atoms with E-state index in [4.69, 9.17) is 28.4 Å². The van der Waals surface area contributed by atoms with E-state index in [-0.39, 0.29) is 110 Å². The Hall–Kier alpha value is -14.2. The van der Waals surface area contributed by atoms with Crippen LogP contribution in [0.3, 0.4) is 0 Å². The van der Waals surface area contributed by atoms with E-state index in [1.54, 1.807) is 115 Å². The standard InChI is InChI=1S/C15H11NO3.C14H9NO2.C14H12O4S.C14H10O3S.C13H11NO3.C12H11NO4S.CH4/c1-19-14-9-11(8-12(10-17)15(14)18)5-6-13-4-2-3-7-16-13;16-10-12-9-11(5-7-14(12)17)4-6-13-3-1-2-8-15-13;1-8(16)12-3-4-13(19-12)9-5-10(7-15)14(17)11(6-9)18-2;1-17-13-8-10(7-11(9-15)14(13)16)4-5-12-3-2-6-18-12;1-17-12-7-9(6-10(8-15)13(12)16)11-4-2-3-5-14-11;1-16-9-4-7(3-8(6-14)11(9)15)10-5-13-12(17-2)18-10;/h2-4,7-10,18H,1H3;1-3,5,7-10,17H;3-7,17H,1-2H3;2-3,6-9,16H,1H3;2-8,16H,1H3;3-6,15H,1-2H3;1H4. The molecule has 0 aliphatic heterocycles. The molecule has 12 aromatic rings. The molecule has 0 atom stereocenters. The van der Waals surface area contributed by atoms with Gasteiger partial charge in [-0.3, -0.25) is 38.5 Å². The smallest absolute Gasteiger partial charge is 0.273 e. The summed E-state index contributed by atoms with van der Waals surface area (Å²) in [6, 6.07) is 44.2. The van der Waals surface area contributed by atoms with E-state index in [0.29, 0.717) is 81.6 Å². The second kappa shape index (κ2) is 42.5. The third kappa shape index (κ3) is 23.6. The number of carbonyl (C=O) groups is 7. The molecule has 0 aliphatic carbocycles. The number of Topliss-reactive ketones (excluding diaryl/α,β-unsaturated/α-hetero) is 1. The molecule has 6 N–H and O–H groups in total. The summed E-state index contributed by atoms with van der Waals surface area (Å²) in [6.45, 7) is 1.50. The Labute approximate surface area is 638 Å². The van der Waals surface area contributed by atoms with Crippen LogP contribution in [0.5, 0.6) is 68.4 Å². The van der Waals surface area contributed by atoms with Crippen molar-refractivity contribution in [2.75, 3.05) is 42.7 Å². The lowest BCUT2D eigenvalue weighted by Crippen LogP contribution is -1.91. The molecule has 552 valence electrons. The highest BCUT2D eigenvalue weighted by Crippen LogP contribution is 2.40. The number of benzene rings is 6. The van der Waals surface area contributed by atoms with E-state index < -0.39 is 0 Å². The van der Waals surface area contributed by atoms with E-state index in [0.717, 1.165) is 31.3 Å². The Morgan fingerprint density at radius 3 is 1.21 bits per heavy atom. The molecule has 23 nitrogen and oxygen atoms in total. The lowest BCUT2D eigenvalue weighted by molar-refractivity contribution is 0.101. The van der Waals surface area contributed by atoms with Crippen molar-refractivity contribution >= 4 is 77.5 Å². The highest BCUT2D eigenvalue weighted by Gasteiger charge is 2.17. The van der Waals surface area contributed by atoms with Crippen LogP contribution in [0.25, 0.3) is 32.1 Å². The molecule has 6 aromatic carbocycles. The van der Waals surface area contributed by atoms with Crippen LogP contribution in [0.2, 0.25) is 0 Å². The lowest BCUT2D eigenvalue weighted by atomic mass is 10.1. The second-order valence-electron chi connectivity index (χ2n) is 21.3. The molecular formula is C83H68N4O19S3. The Morgan fingerprint density at radius 2 is 0.807 bits per heavy atom. The molecule has 12 rings (SSSR count). The number of thiazole rings is 1. The van der Waals surface area contributed by atoms with Crippen molar-refractivity contribution in [1.29, 1.82) is 0 Å². The fourth-order valence-electron chi connectivity index (χ4n) is 9.01. The number of carbonyl (C=O) groups excluding carboxylic acids is 7. The average Bonchev–Trinajstić information content (AvgIpc) is 1.03. The van der Waals surface area contributed by atoms with Gasteiger partial charge in [-0.2, -0.15) is 0 Å². The van der Waals surface area contributed by atoms with Crippen LogP contribution in [-0.2, 0) is 0 Å². The molecule has 0 spiro atoms. The summed E-state index contributed by atoms with van der Waals surface area (Å²) in [7, 11) is 8.67. The summed E-state index contributed by atoms with van der Waals surface area (Å²) in [5, 5.41) is 60.3. The molecule has 0 radical (unpaired) electrons. The van der Waals surface area contributed by atoms with Gasteiger partial charge in [0.15, 0.2) is 101 Å². The quantitative estimate of drug-likeness (QED) is 0.0297. The number of phenolic OH excluding ortho intramolecular Hbond substituents is 6. The summed E-state index contributed by atoms with van der Waals surface area (Å²) < 4.78 is 30.1. The van der Waals surface area contributed by atoms with Gasteiger partial charge in [0.25, 0.3) is 5.19 Å². The first-order valence-electron chi connectivity index (χ1n) is 31.3. The second-order valence-corrected chi connectivity index (χ2v) is 24.4. The van der Waals surface area contributed by atoms with Crippen LogP contribution < -0.4 is 28.4 Å². The number of hydrogen-bond donors (Lipinski definition) is 6. The van der Waals surface area contributed by atoms with E-state index in [1.165, 1.54) is 96.5 Å². The molecule has 109 heavy (non-hydrogen) atoms. The zero-order chi connectivity index (χ0) is 78.1. The van der Waals surface area contributed by atoms with Crippen molar-refractivity contribution in [1.82, 2.24) is 19.9 Å². The first-order valence-corrected chi connectivity index (χ1v) is 33.8. The van der Waals surface area contributed by atoms with Crippen LogP contribution in [0.1, 0.15) is 119 Å². The Kier molecular flexibility index (Phi) is 32.7. The fraction of sp³-hybridized carbons (Fsp3) is 0.0964. The molecule has 0 saturated heterocycles. The maximum Gasteiger partial charge on any atom is 0.273 e. The van der Waals surface area contributed by atoms with Gasteiger partial charge in [-0.05, 0) is 169 Å². The predicted molar refractivity (Wildman–Crippen MR) is 415 cm³/mol. The molecule has 6 aromatic heterocycles. The third-order valence-corrected chi connectivity index (χ3v) is 17.4. The number of hydrogen-bond acceptors (Lipinski definition) is 26. The van der Waals surface area contributed by atoms with Crippen LogP contribution in [0, 0.1) is 35.5 Å². The van der Waals surface area contributed by atoms with Crippen molar-refractivity contribution in [3.05, 3.63) is 259 Å². The minimum Gasteiger partial charge on any atom is -0.507 e. The first kappa shape index (κ1) is 83.7. The van der Waals surface area contributed by atoms with E-state index in [2.05, 4.69) is 55.5 Å². The summed E-state index contributed by atoms with van der Waals surface area (Å²) >= 11 is 4.22. The number of aromatic hydroxyl groups is 6. The predicted octanol–water partition coefficient (Wildman–Crippen LogP) is 15.1. The van der Waals surface area contributed by atoms with Gasteiger partial charge in [-0.15, -0.1) is 22.7 Å². The Morgan fingerprint density at radius 1 is 0.385 bits per heavy atom. The minimum atomic E-state index is -0.180. The molecule has 0 amide bonds. The van der Waals surface area contributed by atoms with Crippen LogP contribution in [0.4, 0.5) is 0 Å². The van der Waals surface area contributed by atoms with Crippen LogP contribution in [-0.4, -0.2) is 137 Å². The number of pyridine rings is 3. The molecule has 6 heterocycles. The molecule has 0 aliphatic rings. The van der Waals surface area contributed by atoms with Gasteiger partial charge in [0.1, 0.15) is 17.1 Å². The molecule has 0 saturated carbocycles. The summed E-state index contributed by atoms with van der Waals surface area (Å²) in [4.78, 5) is 95.8. The zero-order valence-corrected chi connectivity index (χ0v) is 60.8. The van der Waals surface area contributed by atoms with Crippen molar-refractivity contribution < 1.29 is 92.6 Å². The molecule has 0 fully saturated rings. The normalized spacial score (nSPS) is 9.61. The number of rotatable bonds is 16. The average molecular weight is 1520 g/mol. The van der Waals surface area contributed by atoms with Crippen molar-refractivity contribution in [3.63, 3.8) is 0 Å². The third-order valence-electron chi connectivity index (χ3n) is 14.4. The highest BCUT2D eigenvalue weighted by atomic mass is 32.1. The molecule has 0 bridgehead atoms. The van der Waals surface area contributed by atoms with Gasteiger partial charge < -0.3 is 59.1 Å². The monoisotopic (exact) mass is 1520 g/mol. The van der Waals surface area contributed by atoms with Gasteiger partial charge >= 0.3 is 0 Å². The fourth-order valence-corrected chi connectivity index (χ4v) is 11.2. The lowest BCUT2D eigenvalue weighted by Gasteiger charge is -2.08. The maximum atomic E-state index is 11.3. The topological polar surface area (TPSA) is 348 Å². The van der Waals surface area contributed by atoms with Crippen molar-refractivity contribution in [3.8, 4) is 136 Å². The van der Waals surface area contributed by atoms with Gasteiger partial charge in [0.2, 0.25) is 0 Å². The number of phenols is 6. The summed E-state index contributed by atoms with van der Waals surface area (Å²) in [5.74, 6) is 17.8. The number of ketones is 1. The minimum absolute atomic E-state index is 0. The Bertz CT molecular complexity index is 5340.